The number of aliphatic hydroxyl groups excluding tert-OH is 1. The van der Waals surface area contributed by atoms with Crippen molar-refractivity contribution in [2.75, 3.05) is 12.3 Å². The average molecular weight is 308 g/mol. The summed E-state index contributed by atoms with van der Waals surface area (Å²) in [5.41, 5.74) is 5.12. The minimum absolute atomic E-state index is 0.122. The summed E-state index contributed by atoms with van der Waals surface area (Å²) >= 11 is 0. The number of nitrogens with one attached hydrogen (secondary N) is 1. The van der Waals surface area contributed by atoms with Gasteiger partial charge in [0.1, 0.15) is 4.90 Å². The van der Waals surface area contributed by atoms with Gasteiger partial charge in [0, 0.05) is 11.7 Å². The maximum absolute atomic E-state index is 13.6. The number of rotatable bonds is 6. The molecule has 0 aromatic heterocycles. The third-order valence-corrected chi connectivity index (χ3v) is 4.12. The second kappa shape index (κ2) is 6.47. The van der Waals surface area contributed by atoms with E-state index in [0.29, 0.717) is 12.5 Å². The van der Waals surface area contributed by atoms with Crippen molar-refractivity contribution in [2.24, 2.45) is 5.92 Å². The SMILES string of the molecule is CC(C)CC(CO)NS(=O)(=O)c1cc(N)cc(F)c1F. The van der Waals surface area contributed by atoms with Crippen molar-refractivity contribution in [1.29, 1.82) is 0 Å². The summed E-state index contributed by atoms with van der Waals surface area (Å²) in [4.78, 5) is -0.864. The number of aliphatic hydroxyl groups is 1. The summed E-state index contributed by atoms with van der Waals surface area (Å²) < 4.78 is 53.0. The van der Waals surface area contributed by atoms with E-state index in [1.165, 1.54) is 0 Å². The molecule has 0 spiro atoms. The Morgan fingerprint density at radius 2 is 1.95 bits per heavy atom. The van der Waals surface area contributed by atoms with Gasteiger partial charge in [-0.1, -0.05) is 13.8 Å². The van der Waals surface area contributed by atoms with Crippen molar-refractivity contribution < 1.29 is 22.3 Å². The second-order valence-electron chi connectivity index (χ2n) is 4.95. The predicted octanol–water partition coefficient (Wildman–Crippen LogP) is 1.23. The molecule has 1 atom stereocenters. The van der Waals surface area contributed by atoms with Gasteiger partial charge in [0.2, 0.25) is 10.0 Å². The van der Waals surface area contributed by atoms with Gasteiger partial charge >= 0.3 is 0 Å². The fourth-order valence-corrected chi connectivity index (χ4v) is 3.15. The Kier molecular flexibility index (Phi) is 5.43. The first-order chi connectivity index (χ1) is 9.17. The Balaban J connectivity index is 3.11. The van der Waals surface area contributed by atoms with Crippen LogP contribution in [0.5, 0.6) is 0 Å². The molecule has 0 amide bonds. The zero-order chi connectivity index (χ0) is 15.5. The molecule has 4 N–H and O–H groups in total. The molecule has 0 saturated carbocycles. The molecule has 0 fully saturated rings. The zero-order valence-electron chi connectivity index (χ0n) is 11.2. The van der Waals surface area contributed by atoms with Gasteiger partial charge in [-0.2, -0.15) is 0 Å². The number of halogens is 2. The van der Waals surface area contributed by atoms with E-state index < -0.39 is 39.2 Å². The van der Waals surface area contributed by atoms with Crippen LogP contribution in [0.3, 0.4) is 0 Å². The van der Waals surface area contributed by atoms with E-state index in [9.17, 15) is 17.2 Å². The van der Waals surface area contributed by atoms with Crippen LogP contribution in [0.4, 0.5) is 14.5 Å². The molecule has 0 aliphatic heterocycles. The van der Waals surface area contributed by atoms with E-state index in [0.717, 1.165) is 6.07 Å². The summed E-state index contributed by atoms with van der Waals surface area (Å²) in [6.07, 6.45) is 0.363. The number of hydrogen-bond donors (Lipinski definition) is 3. The molecule has 0 saturated heterocycles. The van der Waals surface area contributed by atoms with E-state index in [1.807, 2.05) is 13.8 Å². The van der Waals surface area contributed by atoms with Crippen molar-refractivity contribution in [3.05, 3.63) is 23.8 Å². The number of benzene rings is 1. The van der Waals surface area contributed by atoms with E-state index in [-0.39, 0.29) is 11.6 Å². The van der Waals surface area contributed by atoms with Gasteiger partial charge in [0.15, 0.2) is 11.6 Å². The molecule has 20 heavy (non-hydrogen) atoms. The highest BCUT2D eigenvalue weighted by Crippen LogP contribution is 2.21. The molecule has 0 bridgehead atoms. The highest BCUT2D eigenvalue weighted by molar-refractivity contribution is 7.89. The van der Waals surface area contributed by atoms with Gasteiger partial charge in [-0.3, -0.25) is 0 Å². The summed E-state index contributed by atoms with van der Waals surface area (Å²) in [7, 11) is -4.30. The Morgan fingerprint density at radius 3 is 2.45 bits per heavy atom. The van der Waals surface area contributed by atoms with E-state index in [2.05, 4.69) is 4.72 Å². The molecule has 114 valence electrons. The van der Waals surface area contributed by atoms with Gasteiger partial charge < -0.3 is 10.8 Å². The van der Waals surface area contributed by atoms with Crippen LogP contribution in [0.2, 0.25) is 0 Å². The highest BCUT2D eigenvalue weighted by Gasteiger charge is 2.25. The van der Waals surface area contributed by atoms with Crippen molar-refractivity contribution in [1.82, 2.24) is 4.72 Å². The van der Waals surface area contributed by atoms with Crippen LogP contribution in [0, 0.1) is 17.6 Å². The number of anilines is 1. The number of nitrogens with two attached hydrogens (primary N) is 1. The first-order valence-corrected chi connectivity index (χ1v) is 7.53. The van der Waals surface area contributed by atoms with Crippen molar-refractivity contribution in [3.63, 3.8) is 0 Å². The Morgan fingerprint density at radius 1 is 1.35 bits per heavy atom. The maximum Gasteiger partial charge on any atom is 0.244 e. The van der Waals surface area contributed by atoms with Crippen LogP contribution >= 0.6 is 0 Å². The molecular formula is C12H18F2N2O3S. The highest BCUT2D eigenvalue weighted by atomic mass is 32.2. The lowest BCUT2D eigenvalue weighted by Crippen LogP contribution is -2.38. The van der Waals surface area contributed by atoms with Gasteiger partial charge in [-0.05, 0) is 24.5 Å². The van der Waals surface area contributed by atoms with Crippen LogP contribution in [0.1, 0.15) is 20.3 Å². The minimum Gasteiger partial charge on any atom is -0.399 e. The molecule has 0 aliphatic carbocycles. The summed E-state index contributed by atoms with van der Waals surface area (Å²) in [6, 6.07) is 0.764. The largest absolute Gasteiger partial charge is 0.399 e. The van der Waals surface area contributed by atoms with Gasteiger partial charge in [-0.25, -0.2) is 21.9 Å². The summed E-state index contributed by atoms with van der Waals surface area (Å²) in [5.74, 6) is -2.71. The molecule has 1 rings (SSSR count). The van der Waals surface area contributed by atoms with Gasteiger partial charge in [-0.15, -0.1) is 0 Å². The molecule has 0 heterocycles. The zero-order valence-corrected chi connectivity index (χ0v) is 12.0. The third kappa shape index (κ3) is 4.12. The Bertz CT molecular complexity index is 576. The first kappa shape index (κ1) is 16.8. The lowest BCUT2D eigenvalue weighted by atomic mass is 10.1. The molecule has 8 heteroatoms. The van der Waals surface area contributed by atoms with Crippen molar-refractivity contribution >= 4 is 15.7 Å². The first-order valence-electron chi connectivity index (χ1n) is 6.05. The number of sulfonamides is 1. The lowest BCUT2D eigenvalue weighted by molar-refractivity contribution is 0.240. The lowest BCUT2D eigenvalue weighted by Gasteiger charge is -2.18. The topological polar surface area (TPSA) is 92.4 Å². The van der Waals surface area contributed by atoms with Crippen LogP contribution in [0.15, 0.2) is 17.0 Å². The smallest absolute Gasteiger partial charge is 0.244 e. The van der Waals surface area contributed by atoms with E-state index in [4.69, 9.17) is 10.8 Å². The molecular weight excluding hydrogens is 290 g/mol. The normalized spacial score (nSPS) is 13.7. The van der Waals surface area contributed by atoms with E-state index in [1.54, 1.807) is 0 Å². The summed E-state index contributed by atoms with van der Waals surface area (Å²) in [5, 5.41) is 9.14. The third-order valence-electron chi connectivity index (χ3n) is 2.60. The van der Waals surface area contributed by atoms with Crippen LogP contribution in [-0.2, 0) is 10.0 Å². The molecule has 0 aliphatic rings. The average Bonchev–Trinajstić information content (AvgIpc) is 2.31. The number of nitrogen functional groups attached to an aromatic ring is 1. The minimum atomic E-state index is -4.30. The molecule has 5 nitrogen and oxygen atoms in total. The molecule has 0 radical (unpaired) electrons. The summed E-state index contributed by atoms with van der Waals surface area (Å²) in [6.45, 7) is 3.25. The predicted molar refractivity (Wildman–Crippen MR) is 71.4 cm³/mol. The van der Waals surface area contributed by atoms with Crippen molar-refractivity contribution in [2.45, 2.75) is 31.2 Å². The second-order valence-corrected chi connectivity index (χ2v) is 6.63. The standard InChI is InChI=1S/C12H18F2N2O3S/c1-7(2)3-9(6-17)16-20(18,19)11-5-8(15)4-10(13)12(11)14/h4-5,7,9,16-17H,3,6,15H2,1-2H3. The quantitative estimate of drug-likeness (QED) is 0.689. The number of hydrogen-bond acceptors (Lipinski definition) is 4. The van der Waals surface area contributed by atoms with Gasteiger partial charge in [0.05, 0.1) is 6.61 Å². The fraction of sp³-hybridized carbons (Fsp3) is 0.500. The van der Waals surface area contributed by atoms with Crippen LogP contribution in [0.25, 0.3) is 0 Å². The van der Waals surface area contributed by atoms with Gasteiger partial charge in [0.25, 0.3) is 0 Å². The van der Waals surface area contributed by atoms with Crippen LogP contribution < -0.4 is 10.5 Å². The molecule has 1 aromatic rings. The molecule has 1 aromatic carbocycles. The Labute approximate surface area is 116 Å². The Hall–Kier alpha value is -1.25. The van der Waals surface area contributed by atoms with Crippen LogP contribution in [-0.4, -0.2) is 26.2 Å². The fourth-order valence-electron chi connectivity index (χ4n) is 1.79. The maximum atomic E-state index is 13.6. The molecule has 1 unspecified atom stereocenters. The van der Waals surface area contributed by atoms with Crippen molar-refractivity contribution in [3.8, 4) is 0 Å². The van der Waals surface area contributed by atoms with E-state index >= 15 is 0 Å². The monoisotopic (exact) mass is 308 g/mol.